The van der Waals surface area contributed by atoms with E-state index >= 15 is 0 Å². The summed E-state index contributed by atoms with van der Waals surface area (Å²) in [6.45, 7) is 0. The lowest BCUT2D eigenvalue weighted by atomic mass is 10.2. The Balaban J connectivity index is 2.84. The van der Waals surface area contributed by atoms with Gasteiger partial charge in [-0.15, -0.1) is 11.8 Å². The molecule has 0 aromatic heterocycles. The van der Waals surface area contributed by atoms with E-state index in [-0.39, 0.29) is 21.7 Å². The number of nitriles is 1. The van der Waals surface area contributed by atoms with E-state index in [0.29, 0.717) is 4.90 Å². The summed E-state index contributed by atoms with van der Waals surface area (Å²) in [5.41, 5.74) is 0.241. The predicted molar refractivity (Wildman–Crippen MR) is 68.2 cm³/mol. The van der Waals surface area contributed by atoms with E-state index in [1.807, 2.05) is 6.07 Å². The van der Waals surface area contributed by atoms with Gasteiger partial charge in [-0.1, -0.05) is 0 Å². The lowest BCUT2D eigenvalue weighted by molar-refractivity contribution is -0.125. The summed E-state index contributed by atoms with van der Waals surface area (Å²) in [6, 6.07) is 4.90. The predicted octanol–water partition coefficient (Wildman–Crippen LogP) is 2.64. The molecule has 0 heterocycles. The zero-order valence-corrected chi connectivity index (χ0v) is 11.7. The standard InChI is InChI=1S/C11H10BrFN2OS/c1-15(2)9(16)6-17-8-4-3-7(5-14)10(12)11(8)13/h3-4H,6H2,1-2H3. The number of carbonyl (C=O) groups excluding carboxylic acids is 1. The third kappa shape index (κ3) is 3.45. The van der Waals surface area contributed by atoms with Crippen LogP contribution in [0.3, 0.4) is 0 Å². The maximum atomic E-state index is 13.8. The maximum absolute atomic E-state index is 13.8. The summed E-state index contributed by atoms with van der Waals surface area (Å²) in [5.74, 6) is -0.419. The van der Waals surface area contributed by atoms with Crippen molar-refractivity contribution < 1.29 is 9.18 Å². The van der Waals surface area contributed by atoms with E-state index in [1.165, 1.54) is 17.0 Å². The van der Waals surface area contributed by atoms with Gasteiger partial charge in [-0.2, -0.15) is 5.26 Å². The molecule has 0 aliphatic rings. The number of carbonyl (C=O) groups is 1. The molecular formula is C11H10BrFN2OS. The Morgan fingerprint density at radius 2 is 2.24 bits per heavy atom. The summed E-state index contributed by atoms with van der Waals surface area (Å²) in [4.78, 5) is 13.2. The summed E-state index contributed by atoms with van der Waals surface area (Å²) in [7, 11) is 3.29. The van der Waals surface area contributed by atoms with Crippen LogP contribution in [0.25, 0.3) is 0 Å². The second-order valence-electron chi connectivity index (χ2n) is 3.43. The molecule has 0 saturated heterocycles. The Kier molecular flexibility index (Phi) is 4.97. The fourth-order valence-corrected chi connectivity index (χ4v) is 2.49. The van der Waals surface area contributed by atoms with Gasteiger partial charge < -0.3 is 4.90 Å². The van der Waals surface area contributed by atoms with Crippen LogP contribution in [0, 0.1) is 17.1 Å². The summed E-state index contributed by atoms with van der Waals surface area (Å²) in [6.07, 6.45) is 0. The lowest BCUT2D eigenvalue weighted by Crippen LogP contribution is -2.23. The minimum atomic E-state index is -0.499. The van der Waals surface area contributed by atoms with Gasteiger partial charge in [0.15, 0.2) is 5.82 Å². The number of thioether (sulfide) groups is 1. The smallest absolute Gasteiger partial charge is 0.232 e. The van der Waals surface area contributed by atoms with Crippen LogP contribution in [0.15, 0.2) is 21.5 Å². The maximum Gasteiger partial charge on any atom is 0.232 e. The van der Waals surface area contributed by atoms with Gasteiger partial charge in [-0.3, -0.25) is 4.79 Å². The van der Waals surface area contributed by atoms with Gasteiger partial charge in [-0.05, 0) is 28.1 Å². The van der Waals surface area contributed by atoms with Crippen LogP contribution in [0.2, 0.25) is 0 Å². The molecule has 1 rings (SSSR count). The second-order valence-corrected chi connectivity index (χ2v) is 5.24. The monoisotopic (exact) mass is 316 g/mol. The number of nitrogens with zero attached hydrogens (tertiary/aromatic N) is 2. The first-order valence-electron chi connectivity index (χ1n) is 4.68. The van der Waals surface area contributed by atoms with E-state index < -0.39 is 5.82 Å². The van der Waals surface area contributed by atoms with E-state index in [9.17, 15) is 9.18 Å². The largest absolute Gasteiger partial charge is 0.348 e. The van der Waals surface area contributed by atoms with Crippen molar-refractivity contribution in [2.45, 2.75) is 4.90 Å². The normalized spacial score (nSPS) is 9.82. The highest BCUT2D eigenvalue weighted by molar-refractivity contribution is 9.10. The van der Waals surface area contributed by atoms with Crippen molar-refractivity contribution in [3.8, 4) is 6.07 Å². The first-order valence-corrected chi connectivity index (χ1v) is 6.46. The van der Waals surface area contributed by atoms with Gasteiger partial charge >= 0.3 is 0 Å². The molecule has 1 aromatic carbocycles. The van der Waals surface area contributed by atoms with Crippen molar-refractivity contribution in [2.75, 3.05) is 19.8 Å². The molecular weight excluding hydrogens is 307 g/mol. The third-order valence-electron chi connectivity index (χ3n) is 2.02. The van der Waals surface area contributed by atoms with E-state index in [2.05, 4.69) is 15.9 Å². The third-order valence-corrected chi connectivity index (χ3v) is 3.81. The Bertz CT molecular complexity index is 485. The molecule has 0 aliphatic carbocycles. The van der Waals surface area contributed by atoms with Crippen LogP contribution in [-0.2, 0) is 4.79 Å². The number of amides is 1. The van der Waals surface area contributed by atoms with Crippen LogP contribution in [0.1, 0.15) is 5.56 Å². The molecule has 0 bridgehead atoms. The van der Waals surface area contributed by atoms with Crippen LogP contribution >= 0.6 is 27.7 Å². The number of rotatable bonds is 3. The zero-order valence-electron chi connectivity index (χ0n) is 9.33. The van der Waals surface area contributed by atoms with E-state index in [0.717, 1.165) is 11.8 Å². The highest BCUT2D eigenvalue weighted by Crippen LogP contribution is 2.29. The zero-order chi connectivity index (χ0) is 13.0. The molecule has 90 valence electrons. The van der Waals surface area contributed by atoms with Gasteiger partial charge in [-0.25, -0.2) is 4.39 Å². The van der Waals surface area contributed by atoms with Crippen LogP contribution in [0.4, 0.5) is 4.39 Å². The molecule has 0 spiro atoms. The first kappa shape index (κ1) is 14.0. The summed E-state index contributed by atoms with van der Waals surface area (Å²) < 4.78 is 13.9. The fraction of sp³-hybridized carbons (Fsp3) is 0.273. The minimum Gasteiger partial charge on any atom is -0.348 e. The Labute approximate surface area is 112 Å². The average Bonchev–Trinajstić information content (AvgIpc) is 2.30. The molecule has 0 radical (unpaired) electrons. The molecule has 6 heteroatoms. The van der Waals surface area contributed by atoms with Crippen molar-refractivity contribution >= 4 is 33.6 Å². The van der Waals surface area contributed by atoms with Gasteiger partial charge in [0.25, 0.3) is 0 Å². The molecule has 0 fully saturated rings. The Morgan fingerprint density at radius 1 is 1.59 bits per heavy atom. The average molecular weight is 317 g/mol. The van der Waals surface area contributed by atoms with Crippen LogP contribution < -0.4 is 0 Å². The molecule has 0 saturated carbocycles. The molecule has 0 atom stereocenters. The lowest BCUT2D eigenvalue weighted by Gasteiger charge is -2.10. The SMILES string of the molecule is CN(C)C(=O)CSc1ccc(C#N)c(Br)c1F. The molecule has 3 nitrogen and oxygen atoms in total. The van der Waals surface area contributed by atoms with Crippen molar-refractivity contribution in [3.05, 3.63) is 28.0 Å². The number of hydrogen-bond donors (Lipinski definition) is 0. The van der Waals surface area contributed by atoms with Gasteiger partial charge in [0.2, 0.25) is 5.91 Å². The van der Waals surface area contributed by atoms with Crippen molar-refractivity contribution in [1.29, 1.82) is 5.26 Å². The van der Waals surface area contributed by atoms with Crippen molar-refractivity contribution in [1.82, 2.24) is 4.90 Å². The molecule has 1 aromatic rings. The minimum absolute atomic E-state index is 0.0881. The van der Waals surface area contributed by atoms with E-state index in [4.69, 9.17) is 5.26 Å². The molecule has 0 aliphatic heterocycles. The van der Waals surface area contributed by atoms with Gasteiger partial charge in [0.1, 0.15) is 6.07 Å². The highest BCUT2D eigenvalue weighted by atomic mass is 79.9. The van der Waals surface area contributed by atoms with Gasteiger partial charge in [0.05, 0.1) is 15.8 Å². The van der Waals surface area contributed by atoms with Crippen LogP contribution in [0.5, 0.6) is 0 Å². The number of hydrogen-bond acceptors (Lipinski definition) is 3. The summed E-state index contributed by atoms with van der Waals surface area (Å²) >= 11 is 4.13. The second kappa shape index (κ2) is 6.03. The first-order chi connectivity index (χ1) is 7.97. The molecule has 0 N–H and O–H groups in total. The molecule has 1 amide bonds. The van der Waals surface area contributed by atoms with Crippen LogP contribution in [-0.4, -0.2) is 30.7 Å². The van der Waals surface area contributed by atoms with E-state index in [1.54, 1.807) is 14.1 Å². The molecule has 0 unspecified atom stereocenters. The topological polar surface area (TPSA) is 44.1 Å². The Hall–Kier alpha value is -1.06. The Morgan fingerprint density at radius 3 is 2.76 bits per heavy atom. The van der Waals surface area contributed by atoms with Gasteiger partial charge in [0, 0.05) is 19.0 Å². The molecule has 17 heavy (non-hydrogen) atoms. The number of halogens is 2. The highest BCUT2D eigenvalue weighted by Gasteiger charge is 2.13. The summed E-state index contributed by atoms with van der Waals surface area (Å²) in [5, 5.41) is 8.71. The number of benzene rings is 1. The van der Waals surface area contributed by atoms with Crippen molar-refractivity contribution in [3.63, 3.8) is 0 Å². The fourth-order valence-electron chi connectivity index (χ4n) is 0.998. The quantitative estimate of drug-likeness (QED) is 0.805. The van der Waals surface area contributed by atoms with Crippen molar-refractivity contribution in [2.24, 2.45) is 0 Å².